The Morgan fingerprint density at radius 1 is 1.17 bits per heavy atom. The van der Waals surface area contributed by atoms with E-state index in [1.165, 1.54) is 6.07 Å². The molecule has 29 heavy (non-hydrogen) atoms. The number of hydrogen-bond acceptors (Lipinski definition) is 5. The van der Waals surface area contributed by atoms with Crippen LogP contribution in [0.1, 0.15) is 50.0 Å². The van der Waals surface area contributed by atoms with Gasteiger partial charge in [-0.05, 0) is 30.9 Å². The van der Waals surface area contributed by atoms with Gasteiger partial charge < -0.3 is 9.47 Å². The van der Waals surface area contributed by atoms with Crippen molar-refractivity contribution in [3.8, 4) is 11.3 Å². The van der Waals surface area contributed by atoms with Gasteiger partial charge in [-0.2, -0.15) is 0 Å². The Morgan fingerprint density at radius 3 is 2.69 bits per heavy atom. The van der Waals surface area contributed by atoms with Crippen LogP contribution < -0.4 is 0 Å². The second kappa shape index (κ2) is 9.81. The molecule has 2 heterocycles. The number of thiazole rings is 1. The average Bonchev–Trinajstić information content (AvgIpc) is 3.36. The molecule has 4 nitrogen and oxygen atoms in total. The molecule has 0 N–H and O–H groups in total. The van der Waals surface area contributed by atoms with E-state index >= 15 is 0 Å². The summed E-state index contributed by atoms with van der Waals surface area (Å²) >= 11 is 1.62. The van der Waals surface area contributed by atoms with Crippen LogP contribution in [0.2, 0.25) is 0 Å². The number of benzene rings is 1. The number of aromatic nitrogens is 1. The van der Waals surface area contributed by atoms with E-state index in [0.717, 1.165) is 62.1 Å². The highest BCUT2D eigenvalue weighted by Crippen LogP contribution is 2.31. The van der Waals surface area contributed by atoms with Crippen LogP contribution in [0.3, 0.4) is 0 Å². The summed E-state index contributed by atoms with van der Waals surface area (Å²) < 4.78 is 24.9. The summed E-state index contributed by atoms with van der Waals surface area (Å²) in [5, 5.41) is 3.03. The third-order valence-corrected chi connectivity index (χ3v) is 6.87. The van der Waals surface area contributed by atoms with E-state index in [2.05, 4.69) is 4.98 Å². The monoisotopic (exact) mass is 417 g/mol. The number of carbonyl (C=O) groups excluding carboxylic acids is 1. The zero-order valence-corrected chi connectivity index (χ0v) is 17.5. The van der Waals surface area contributed by atoms with Crippen LogP contribution in [0.25, 0.3) is 11.3 Å². The minimum Gasteiger partial charge on any atom is -0.460 e. The number of rotatable bonds is 5. The molecule has 1 atom stereocenters. The minimum absolute atomic E-state index is 0.0315. The van der Waals surface area contributed by atoms with E-state index in [9.17, 15) is 9.18 Å². The van der Waals surface area contributed by atoms with Gasteiger partial charge >= 0.3 is 5.97 Å². The fourth-order valence-electron chi connectivity index (χ4n) is 4.34. The van der Waals surface area contributed by atoms with Crippen LogP contribution in [0.15, 0.2) is 29.6 Å². The van der Waals surface area contributed by atoms with Crippen molar-refractivity contribution in [2.75, 3.05) is 13.2 Å². The first-order valence-corrected chi connectivity index (χ1v) is 11.5. The van der Waals surface area contributed by atoms with Crippen LogP contribution in [-0.2, 0) is 20.7 Å². The van der Waals surface area contributed by atoms with E-state index in [1.54, 1.807) is 23.5 Å². The summed E-state index contributed by atoms with van der Waals surface area (Å²) in [6.45, 7) is 1.24. The van der Waals surface area contributed by atoms with Gasteiger partial charge in [-0.1, -0.05) is 37.8 Å². The highest BCUT2D eigenvalue weighted by molar-refractivity contribution is 7.09. The zero-order chi connectivity index (χ0) is 20.1. The molecule has 156 valence electrons. The lowest BCUT2D eigenvalue weighted by molar-refractivity contribution is -0.154. The normalized spacial score (nSPS) is 25.3. The molecule has 0 radical (unpaired) electrons. The van der Waals surface area contributed by atoms with Crippen molar-refractivity contribution in [2.45, 2.75) is 57.5 Å². The second-order valence-corrected chi connectivity index (χ2v) is 9.10. The van der Waals surface area contributed by atoms with Gasteiger partial charge in [0.2, 0.25) is 0 Å². The summed E-state index contributed by atoms with van der Waals surface area (Å²) in [6.07, 6.45) is 7.80. The molecule has 2 aromatic rings. The topological polar surface area (TPSA) is 48.4 Å². The molecule has 0 amide bonds. The quantitative estimate of drug-likeness (QED) is 0.610. The molecule has 0 spiro atoms. The Kier molecular flexibility index (Phi) is 6.93. The molecule has 1 unspecified atom stereocenters. The van der Waals surface area contributed by atoms with Crippen LogP contribution in [0, 0.1) is 17.7 Å². The van der Waals surface area contributed by atoms with Crippen molar-refractivity contribution in [3.63, 3.8) is 0 Å². The zero-order valence-electron chi connectivity index (χ0n) is 16.6. The summed E-state index contributed by atoms with van der Waals surface area (Å²) in [7, 11) is 0. The molecular formula is C23H28FNO3S. The Labute approximate surface area is 175 Å². The van der Waals surface area contributed by atoms with E-state index in [4.69, 9.17) is 9.47 Å². The molecule has 1 saturated heterocycles. The fraction of sp³-hybridized carbons (Fsp3) is 0.565. The van der Waals surface area contributed by atoms with Gasteiger partial charge in [0.25, 0.3) is 0 Å². The lowest BCUT2D eigenvalue weighted by Crippen LogP contribution is -2.26. The smallest absolute Gasteiger partial charge is 0.309 e. The third-order valence-electron chi connectivity index (χ3n) is 6.00. The highest BCUT2D eigenvalue weighted by atomic mass is 32.1. The number of ether oxygens (including phenoxy) is 2. The van der Waals surface area contributed by atoms with Crippen molar-refractivity contribution >= 4 is 17.3 Å². The molecule has 1 aliphatic heterocycles. The molecule has 1 aromatic heterocycles. The molecule has 1 saturated carbocycles. The van der Waals surface area contributed by atoms with Crippen LogP contribution in [0.4, 0.5) is 4.39 Å². The largest absolute Gasteiger partial charge is 0.460 e. The van der Waals surface area contributed by atoms with Crippen molar-refractivity contribution < 1.29 is 18.7 Å². The fourth-order valence-corrected chi connectivity index (χ4v) is 5.26. The highest BCUT2D eigenvalue weighted by Gasteiger charge is 2.27. The number of halogens is 1. The van der Waals surface area contributed by atoms with Crippen LogP contribution in [-0.4, -0.2) is 30.3 Å². The van der Waals surface area contributed by atoms with Crippen molar-refractivity contribution in [2.24, 2.45) is 11.8 Å². The van der Waals surface area contributed by atoms with Crippen LogP contribution >= 0.6 is 11.3 Å². The first kappa shape index (κ1) is 20.5. The van der Waals surface area contributed by atoms with E-state index in [-0.39, 0.29) is 23.8 Å². The van der Waals surface area contributed by atoms with Gasteiger partial charge in [0.05, 0.1) is 29.8 Å². The maximum Gasteiger partial charge on any atom is 0.309 e. The maximum absolute atomic E-state index is 14.0. The second-order valence-electron chi connectivity index (χ2n) is 8.16. The van der Waals surface area contributed by atoms with Crippen LogP contribution in [0.5, 0.6) is 0 Å². The van der Waals surface area contributed by atoms with Gasteiger partial charge in [-0.25, -0.2) is 9.37 Å². The minimum atomic E-state index is -0.225. The number of hydrogen-bond donors (Lipinski definition) is 0. The Balaban J connectivity index is 1.28. The first-order chi connectivity index (χ1) is 14.2. The lowest BCUT2D eigenvalue weighted by atomic mass is 9.84. The summed E-state index contributed by atoms with van der Waals surface area (Å²) in [5.74, 6) is 0.352. The molecular weight excluding hydrogens is 389 g/mol. The molecule has 1 aliphatic carbocycles. The Hall–Kier alpha value is -1.79. The summed E-state index contributed by atoms with van der Waals surface area (Å²) in [5.41, 5.74) is 1.30. The van der Waals surface area contributed by atoms with Gasteiger partial charge in [-0.3, -0.25) is 4.79 Å². The molecule has 4 rings (SSSR count). The predicted molar refractivity (Wildman–Crippen MR) is 111 cm³/mol. The summed E-state index contributed by atoms with van der Waals surface area (Å²) in [6, 6.07) is 6.80. The number of esters is 1. The van der Waals surface area contributed by atoms with Crippen molar-refractivity contribution in [1.29, 1.82) is 0 Å². The number of carbonyl (C=O) groups is 1. The molecule has 6 heteroatoms. The molecule has 2 aliphatic rings. The van der Waals surface area contributed by atoms with Crippen molar-refractivity contribution in [1.82, 2.24) is 4.98 Å². The van der Waals surface area contributed by atoms with Gasteiger partial charge in [-0.15, -0.1) is 11.3 Å². The van der Waals surface area contributed by atoms with Gasteiger partial charge in [0.15, 0.2) is 0 Å². The molecule has 1 aromatic carbocycles. The first-order valence-electron chi connectivity index (χ1n) is 10.7. The average molecular weight is 418 g/mol. The van der Waals surface area contributed by atoms with E-state index < -0.39 is 0 Å². The van der Waals surface area contributed by atoms with Gasteiger partial charge in [0, 0.05) is 23.8 Å². The van der Waals surface area contributed by atoms with E-state index in [1.807, 2.05) is 11.4 Å². The van der Waals surface area contributed by atoms with E-state index in [0.29, 0.717) is 24.7 Å². The lowest BCUT2D eigenvalue weighted by Gasteiger charge is -2.24. The number of nitrogens with zero attached hydrogens (tertiary/aromatic N) is 1. The summed E-state index contributed by atoms with van der Waals surface area (Å²) in [4.78, 5) is 17.1. The predicted octanol–water partition coefficient (Wildman–Crippen LogP) is 5.41. The molecule has 0 bridgehead atoms. The SMILES string of the molecule is O=C(OC1CCOC1)C1CCCC(Cc2nc(-c3ccccc3F)cs2)CCC1. The standard InChI is InChI=1S/C23H28FNO3S/c24-20-10-2-1-9-19(20)21-15-29-22(25-21)13-16-5-3-7-17(8-4-6-16)23(26)28-18-11-12-27-14-18/h1-2,9-10,15-18H,3-8,11-14H2. The maximum atomic E-state index is 14.0. The third kappa shape index (κ3) is 5.43. The Bertz CT molecular complexity index is 808. The van der Waals surface area contributed by atoms with Crippen molar-refractivity contribution in [3.05, 3.63) is 40.5 Å². The Morgan fingerprint density at radius 2 is 1.97 bits per heavy atom. The van der Waals surface area contributed by atoms with Gasteiger partial charge in [0.1, 0.15) is 11.9 Å². The molecule has 2 fully saturated rings.